The van der Waals surface area contributed by atoms with Crippen LogP contribution in [-0.2, 0) is 9.53 Å². The fourth-order valence-electron chi connectivity index (χ4n) is 1.42. The van der Waals surface area contributed by atoms with E-state index in [0.717, 1.165) is 10.4 Å². The second-order valence-electron chi connectivity index (χ2n) is 3.71. The smallest absolute Gasteiger partial charge is 0.348 e. The Morgan fingerprint density at radius 1 is 1.16 bits per heavy atom. The predicted molar refractivity (Wildman–Crippen MR) is 69.2 cm³/mol. The maximum atomic E-state index is 12.8. The van der Waals surface area contributed by atoms with Gasteiger partial charge in [-0.3, -0.25) is 4.79 Å². The SMILES string of the molecule is NC(=O)COC(=O)c1ccc(-c2ccc(F)cc2)s1. The summed E-state index contributed by atoms with van der Waals surface area (Å²) in [6, 6.07) is 9.27. The average molecular weight is 279 g/mol. The molecule has 19 heavy (non-hydrogen) atoms. The molecule has 0 fully saturated rings. The zero-order valence-corrected chi connectivity index (χ0v) is 10.6. The van der Waals surface area contributed by atoms with Gasteiger partial charge in [0.15, 0.2) is 6.61 Å². The summed E-state index contributed by atoms with van der Waals surface area (Å²) in [7, 11) is 0. The van der Waals surface area contributed by atoms with Gasteiger partial charge in [0.1, 0.15) is 10.7 Å². The molecule has 1 amide bonds. The second kappa shape index (κ2) is 5.62. The Bertz CT molecular complexity index is 607. The lowest BCUT2D eigenvalue weighted by molar-refractivity contribution is -0.121. The van der Waals surface area contributed by atoms with Crippen LogP contribution in [0.25, 0.3) is 10.4 Å². The number of hydrogen-bond donors (Lipinski definition) is 1. The van der Waals surface area contributed by atoms with Crippen molar-refractivity contribution in [2.45, 2.75) is 0 Å². The monoisotopic (exact) mass is 279 g/mol. The number of benzene rings is 1. The van der Waals surface area contributed by atoms with E-state index >= 15 is 0 Å². The van der Waals surface area contributed by atoms with Crippen LogP contribution >= 0.6 is 11.3 Å². The number of halogens is 1. The van der Waals surface area contributed by atoms with Crippen LogP contribution in [0.4, 0.5) is 4.39 Å². The lowest BCUT2D eigenvalue weighted by atomic mass is 10.2. The van der Waals surface area contributed by atoms with Gasteiger partial charge in [0.05, 0.1) is 0 Å². The van der Waals surface area contributed by atoms with Gasteiger partial charge in [0.2, 0.25) is 0 Å². The molecular formula is C13H10FNO3S. The molecule has 2 rings (SSSR count). The molecular weight excluding hydrogens is 269 g/mol. The number of hydrogen-bond acceptors (Lipinski definition) is 4. The Labute approximate surface area is 112 Å². The van der Waals surface area contributed by atoms with E-state index in [2.05, 4.69) is 0 Å². The zero-order valence-electron chi connectivity index (χ0n) is 9.76. The Morgan fingerprint density at radius 3 is 2.47 bits per heavy atom. The number of nitrogens with two attached hydrogens (primary N) is 1. The van der Waals surface area contributed by atoms with Gasteiger partial charge in [-0.25, -0.2) is 9.18 Å². The van der Waals surface area contributed by atoms with E-state index < -0.39 is 18.5 Å². The molecule has 6 heteroatoms. The largest absolute Gasteiger partial charge is 0.451 e. The first-order chi connectivity index (χ1) is 9.06. The topological polar surface area (TPSA) is 69.4 Å². The van der Waals surface area contributed by atoms with Crippen LogP contribution in [0.2, 0.25) is 0 Å². The summed E-state index contributed by atoms with van der Waals surface area (Å²) in [5.41, 5.74) is 5.69. The average Bonchev–Trinajstić information content (AvgIpc) is 2.86. The zero-order chi connectivity index (χ0) is 13.8. The summed E-state index contributed by atoms with van der Waals surface area (Å²) < 4.78 is 17.5. The first-order valence-corrected chi connectivity index (χ1v) is 6.19. The molecule has 0 saturated heterocycles. The highest BCUT2D eigenvalue weighted by Crippen LogP contribution is 2.28. The Kier molecular flexibility index (Phi) is 3.91. The maximum absolute atomic E-state index is 12.8. The number of carbonyl (C=O) groups is 2. The highest BCUT2D eigenvalue weighted by molar-refractivity contribution is 7.17. The molecule has 1 aromatic carbocycles. The van der Waals surface area contributed by atoms with Crippen LogP contribution in [0.15, 0.2) is 36.4 Å². The quantitative estimate of drug-likeness (QED) is 0.872. The molecule has 1 aromatic heterocycles. The molecule has 0 saturated carbocycles. The molecule has 0 atom stereocenters. The summed E-state index contributed by atoms with van der Waals surface area (Å²) in [4.78, 5) is 23.2. The summed E-state index contributed by atoms with van der Waals surface area (Å²) in [5.74, 6) is -1.62. The van der Waals surface area contributed by atoms with Gasteiger partial charge in [-0.1, -0.05) is 12.1 Å². The minimum absolute atomic E-state index is 0.318. The van der Waals surface area contributed by atoms with E-state index in [-0.39, 0.29) is 5.82 Å². The third kappa shape index (κ3) is 3.38. The Balaban J connectivity index is 2.12. The van der Waals surface area contributed by atoms with Crippen LogP contribution in [0.5, 0.6) is 0 Å². The lowest BCUT2D eigenvalue weighted by Crippen LogP contribution is -2.20. The fraction of sp³-hybridized carbons (Fsp3) is 0.0769. The van der Waals surface area contributed by atoms with Crippen molar-refractivity contribution < 1.29 is 18.7 Å². The lowest BCUT2D eigenvalue weighted by Gasteiger charge is -1.99. The third-order valence-electron chi connectivity index (χ3n) is 2.28. The molecule has 4 nitrogen and oxygen atoms in total. The molecule has 0 bridgehead atoms. The molecule has 2 aromatic rings. The van der Waals surface area contributed by atoms with Gasteiger partial charge in [-0.15, -0.1) is 11.3 Å². The molecule has 0 unspecified atom stereocenters. The predicted octanol–water partition coefficient (Wildman–Crippen LogP) is 2.20. The summed E-state index contributed by atoms with van der Waals surface area (Å²) in [6.07, 6.45) is 0. The first kappa shape index (κ1) is 13.2. The minimum atomic E-state index is -0.705. The van der Waals surface area contributed by atoms with Crippen molar-refractivity contribution in [3.8, 4) is 10.4 Å². The molecule has 0 spiro atoms. The van der Waals surface area contributed by atoms with Gasteiger partial charge in [-0.05, 0) is 29.8 Å². The number of thiophene rings is 1. The standard InChI is InChI=1S/C13H10FNO3S/c14-9-3-1-8(2-4-9)10-5-6-11(19-10)13(17)18-7-12(15)16/h1-6H,7H2,(H2,15,16). The van der Waals surface area contributed by atoms with Crippen molar-refractivity contribution >= 4 is 23.2 Å². The first-order valence-electron chi connectivity index (χ1n) is 5.37. The molecule has 0 aliphatic heterocycles. The van der Waals surface area contributed by atoms with E-state index in [1.165, 1.54) is 23.5 Å². The van der Waals surface area contributed by atoms with E-state index in [0.29, 0.717) is 4.88 Å². The number of carbonyl (C=O) groups excluding carboxylic acids is 2. The highest BCUT2D eigenvalue weighted by atomic mass is 32.1. The van der Waals surface area contributed by atoms with E-state index in [4.69, 9.17) is 10.5 Å². The van der Waals surface area contributed by atoms with Crippen LogP contribution < -0.4 is 5.73 Å². The minimum Gasteiger partial charge on any atom is -0.451 e. The van der Waals surface area contributed by atoms with E-state index in [9.17, 15) is 14.0 Å². The Morgan fingerprint density at radius 2 is 1.84 bits per heavy atom. The van der Waals surface area contributed by atoms with Gasteiger partial charge in [0, 0.05) is 4.88 Å². The molecule has 1 heterocycles. The number of ether oxygens (including phenoxy) is 1. The van der Waals surface area contributed by atoms with Gasteiger partial charge in [0.25, 0.3) is 5.91 Å². The van der Waals surface area contributed by atoms with Gasteiger partial charge < -0.3 is 10.5 Å². The van der Waals surface area contributed by atoms with E-state index in [1.807, 2.05) is 0 Å². The van der Waals surface area contributed by atoms with Gasteiger partial charge in [-0.2, -0.15) is 0 Å². The van der Waals surface area contributed by atoms with Crippen LogP contribution in [0.1, 0.15) is 9.67 Å². The van der Waals surface area contributed by atoms with Crippen LogP contribution in [-0.4, -0.2) is 18.5 Å². The second-order valence-corrected chi connectivity index (χ2v) is 4.80. The van der Waals surface area contributed by atoms with Crippen LogP contribution in [0, 0.1) is 5.82 Å². The number of rotatable bonds is 4. The number of primary amides is 1. The Hall–Kier alpha value is -2.21. The van der Waals surface area contributed by atoms with Crippen LogP contribution in [0.3, 0.4) is 0 Å². The molecule has 0 radical (unpaired) electrons. The molecule has 98 valence electrons. The normalized spacial score (nSPS) is 10.2. The van der Waals surface area contributed by atoms with E-state index in [1.54, 1.807) is 24.3 Å². The highest BCUT2D eigenvalue weighted by Gasteiger charge is 2.12. The number of amides is 1. The van der Waals surface area contributed by atoms with Crippen molar-refractivity contribution in [3.63, 3.8) is 0 Å². The molecule has 0 aliphatic carbocycles. The summed E-state index contributed by atoms with van der Waals surface area (Å²) >= 11 is 1.20. The fourth-order valence-corrected chi connectivity index (χ4v) is 2.33. The van der Waals surface area contributed by atoms with Crippen molar-refractivity contribution in [1.82, 2.24) is 0 Å². The van der Waals surface area contributed by atoms with Crippen molar-refractivity contribution in [2.24, 2.45) is 5.73 Å². The molecule has 2 N–H and O–H groups in total. The van der Waals surface area contributed by atoms with Crippen molar-refractivity contribution in [1.29, 1.82) is 0 Å². The van der Waals surface area contributed by atoms with Crippen molar-refractivity contribution in [2.75, 3.05) is 6.61 Å². The summed E-state index contributed by atoms with van der Waals surface area (Å²) in [6.45, 7) is -0.442. The number of esters is 1. The van der Waals surface area contributed by atoms with Crippen molar-refractivity contribution in [3.05, 3.63) is 47.1 Å². The molecule has 0 aliphatic rings. The third-order valence-corrected chi connectivity index (χ3v) is 3.40. The maximum Gasteiger partial charge on any atom is 0.348 e. The summed E-state index contributed by atoms with van der Waals surface area (Å²) in [5, 5.41) is 0. The van der Waals surface area contributed by atoms with Gasteiger partial charge >= 0.3 is 5.97 Å².